The number of anilines is 1. The van der Waals surface area contributed by atoms with E-state index in [1.165, 1.54) is 25.3 Å². The summed E-state index contributed by atoms with van der Waals surface area (Å²) in [5.74, 6) is -1.21. The summed E-state index contributed by atoms with van der Waals surface area (Å²) >= 11 is 0. The highest BCUT2D eigenvalue weighted by Crippen LogP contribution is 2.14. The van der Waals surface area contributed by atoms with Crippen LogP contribution in [0.5, 0.6) is 0 Å². The second kappa shape index (κ2) is 5.31. The van der Waals surface area contributed by atoms with E-state index in [2.05, 4.69) is 4.74 Å². The molecule has 0 atom stereocenters. The molecular weight excluding hydrogens is 224 g/mol. The Balaban J connectivity index is 3.13. The lowest BCUT2D eigenvalue weighted by Gasteiger charge is -2.13. The van der Waals surface area contributed by atoms with Gasteiger partial charge in [0.15, 0.2) is 0 Å². The Morgan fingerprint density at radius 3 is 2.47 bits per heavy atom. The molecule has 0 aromatic heterocycles. The van der Waals surface area contributed by atoms with Crippen LogP contribution < -0.4 is 5.73 Å². The minimum absolute atomic E-state index is 0.134. The number of hydrogen-bond acceptors (Lipinski definition) is 5. The van der Waals surface area contributed by atoms with Gasteiger partial charge in [-0.3, -0.25) is 10.0 Å². The Hall–Kier alpha value is -2.08. The number of nitrogens with two attached hydrogens (primary N) is 1. The number of carbonyl (C=O) groups excluding carboxylic acids is 2. The van der Waals surface area contributed by atoms with Crippen molar-refractivity contribution in [2.24, 2.45) is 0 Å². The lowest BCUT2D eigenvalue weighted by atomic mass is 10.1. The number of rotatable bonds is 3. The van der Waals surface area contributed by atoms with Crippen molar-refractivity contribution in [3.8, 4) is 0 Å². The van der Waals surface area contributed by atoms with E-state index in [0.29, 0.717) is 5.06 Å². The molecule has 0 unspecified atom stereocenters. The topological polar surface area (TPSA) is 92.9 Å². The van der Waals surface area contributed by atoms with Gasteiger partial charge in [-0.05, 0) is 25.1 Å². The molecule has 1 rings (SSSR count). The van der Waals surface area contributed by atoms with Crippen LogP contribution in [-0.2, 0) is 4.74 Å². The van der Waals surface area contributed by atoms with Crippen molar-refractivity contribution in [3.05, 3.63) is 29.3 Å². The summed E-state index contributed by atoms with van der Waals surface area (Å²) in [4.78, 5) is 23.0. The maximum atomic E-state index is 11.7. The molecule has 0 aliphatic heterocycles. The lowest BCUT2D eigenvalue weighted by molar-refractivity contribution is -0.0541. The van der Waals surface area contributed by atoms with Crippen LogP contribution in [0.4, 0.5) is 5.69 Å². The van der Waals surface area contributed by atoms with Gasteiger partial charge in [-0.25, -0.2) is 9.86 Å². The summed E-state index contributed by atoms with van der Waals surface area (Å²) in [7, 11) is 1.23. The first kappa shape index (κ1) is 13.0. The molecule has 1 amide bonds. The van der Waals surface area contributed by atoms with E-state index in [4.69, 9.17) is 5.73 Å². The van der Waals surface area contributed by atoms with E-state index in [1.807, 2.05) is 0 Å². The Morgan fingerprint density at radius 1 is 1.35 bits per heavy atom. The summed E-state index contributed by atoms with van der Waals surface area (Å²) in [6.07, 6.45) is 0. The van der Waals surface area contributed by atoms with Crippen LogP contribution in [0.15, 0.2) is 18.2 Å². The summed E-state index contributed by atoms with van der Waals surface area (Å²) in [5, 5.41) is 9.82. The van der Waals surface area contributed by atoms with Crippen molar-refractivity contribution in [1.82, 2.24) is 5.06 Å². The molecule has 0 aliphatic rings. The molecule has 0 spiro atoms. The number of ether oxygens (including phenoxy) is 1. The maximum Gasteiger partial charge on any atom is 0.337 e. The van der Waals surface area contributed by atoms with Gasteiger partial charge in [-0.1, -0.05) is 0 Å². The van der Waals surface area contributed by atoms with Crippen LogP contribution in [0, 0.1) is 0 Å². The Labute approximate surface area is 98.5 Å². The van der Waals surface area contributed by atoms with E-state index in [1.54, 1.807) is 6.92 Å². The van der Waals surface area contributed by atoms with Gasteiger partial charge in [-0.15, -0.1) is 0 Å². The molecule has 0 radical (unpaired) electrons. The maximum absolute atomic E-state index is 11.7. The van der Waals surface area contributed by atoms with Crippen molar-refractivity contribution in [2.45, 2.75) is 6.92 Å². The number of methoxy groups -OCH3 is 1. The normalized spacial score (nSPS) is 9.82. The average molecular weight is 238 g/mol. The Bertz CT molecular complexity index is 445. The highest BCUT2D eigenvalue weighted by Gasteiger charge is 2.15. The fourth-order valence-corrected chi connectivity index (χ4v) is 1.30. The number of nitrogen functional groups attached to an aromatic ring is 1. The second-order valence-corrected chi connectivity index (χ2v) is 3.36. The number of carbonyl (C=O) groups is 2. The van der Waals surface area contributed by atoms with Crippen LogP contribution in [0.25, 0.3) is 0 Å². The second-order valence-electron chi connectivity index (χ2n) is 3.36. The summed E-state index contributed by atoms with van der Waals surface area (Å²) in [6, 6.07) is 4.10. The molecule has 0 heterocycles. The fraction of sp³-hybridized carbons (Fsp3) is 0.273. The molecule has 92 valence electrons. The van der Waals surface area contributed by atoms with Gasteiger partial charge < -0.3 is 10.5 Å². The Kier molecular flexibility index (Phi) is 4.06. The fourth-order valence-electron chi connectivity index (χ4n) is 1.30. The number of hydroxylamine groups is 2. The number of esters is 1. The number of hydrogen-bond donors (Lipinski definition) is 2. The smallest absolute Gasteiger partial charge is 0.337 e. The predicted octanol–water partition coefficient (Wildman–Crippen LogP) is 0.907. The van der Waals surface area contributed by atoms with Crippen molar-refractivity contribution in [3.63, 3.8) is 0 Å². The SMILES string of the molecule is CCN(O)C(=O)c1cc(N)cc(C(=O)OC)c1. The van der Waals surface area contributed by atoms with Crippen molar-refractivity contribution in [2.75, 3.05) is 19.4 Å². The van der Waals surface area contributed by atoms with Gasteiger partial charge in [0.1, 0.15) is 0 Å². The first-order valence-corrected chi connectivity index (χ1v) is 4.99. The number of benzene rings is 1. The van der Waals surface area contributed by atoms with E-state index >= 15 is 0 Å². The molecule has 0 saturated carbocycles. The van der Waals surface area contributed by atoms with Crippen LogP contribution >= 0.6 is 0 Å². The number of amides is 1. The van der Waals surface area contributed by atoms with Crippen LogP contribution in [-0.4, -0.2) is 35.8 Å². The van der Waals surface area contributed by atoms with E-state index in [9.17, 15) is 14.8 Å². The van der Waals surface area contributed by atoms with Crippen molar-refractivity contribution in [1.29, 1.82) is 0 Å². The highest BCUT2D eigenvalue weighted by atomic mass is 16.5. The average Bonchev–Trinajstić information content (AvgIpc) is 2.35. The summed E-state index contributed by atoms with van der Waals surface area (Å²) < 4.78 is 4.53. The molecule has 6 heteroatoms. The largest absolute Gasteiger partial charge is 0.465 e. The molecule has 0 saturated heterocycles. The third-order valence-corrected chi connectivity index (χ3v) is 2.16. The Morgan fingerprint density at radius 2 is 1.94 bits per heavy atom. The lowest BCUT2D eigenvalue weighted by Crippen LogP contribution is -2.27. The monoisotopic (exact) mass is 238 g/mol. The molecule has 17 heavy (non-hydrogen) atoms. The van der Waals surface area contributed by atoms with Crippen LogP contribution in [0.2, 0.25) is 0 Å². The van der Waals surface area contributed by atoms with E-state index in [0.717, 1.165) is 0 Å². The standard InChI is InChI=1S/C11H14N2O4/c1-3-13(16)10(14)7-4-8(11(15)17-2)6-9(12)5-7/h4-6,16H,3,12H2,1-2H3. The molecule has 0 fully saturated rings. The molecular formula is C11H14N2O4. The summed E-state index contributed by atoms with van der Waals surface area (Å²) in [6.45, 7) is 1.76. The van der Waals surface area contributed by atoms with Crippen LogP contribution in [0.3, 0.4) is 0 Å². The van der Waals surface area contributed by atoms with E-state index < -0.39 is 11.9 Å². The molecule has 1 aromatic rings. The minimum Gasteiger partial charge on any atom is -0.465 e. The zero-order valence-electron chi connectivity index (χ0n) is 9.64. The molecule has 0 aliphatic carbocycles. The van der Waals surface area contributed by atoms with Gasteiger partial charge >= 0.3 is 5.97 Å². The van der Waals surface area contributed by atoms with Gasteiger partial charge in [-0.2, -0.15) is 0 Å². The third-order valence-electron chi connectivity index (χ3n) is 2.16. The zero-order valence-corrected chi connectivity index (χ0v) is 9.64. The molecule has 6 nitrogen and oxygen atoms in total. The summed E-state index contributed by atoms with van der Waals surface area (Å²) in [5.41, 5.74) is 6.12. The molecule has 3 N–H and O–H groups in total. The first-order chi connectivity index (χ1) is 7.99. The highest BCUT2D eigenvalue weighted by molar-refractivity contribution is 5.98. The van der Waals surface area contributed by atoms with Gasteiger partial charge in [0.05, 0.1) is 12.7 Å². The van der Waals surface area contributed by atoms with Crippen LogP contribution in [0.1, 0.15) is 27.6 Å². The van der Waals surface area contributed by atoms with E-state index in [-0.39, 0.29) is 23.4 Å². The van der Waals surface area contributed by atoms with Gasteiger partial charge in [0.25, 0.3) is 5.91 Å². The number of nitrogens with zero attached hydrogens (tertiary/aromatic N) is 1. The van der Waals surface area contributed by atoms with Crippen molar-refractivity contribution < 1.29 is 19.5 Å². The van der Waals surface area contributed by atoms with Gasteiger partial charge in [0.2, 0.25) is 0 Å². The first-order valence-electron chi connectivity index (χ1n) is 4.99. The third kappa shape index (κ3) is 2.94. The molecule has 1 aromatic carbocycles. The zero-order chi connectivity index (χ0) is 13.0. The van der Waals surface area contributed by atoms with Crippen molar-refractivity contribution >= 4 is 17.6 Å². The van der Waals surface area contributed by atoms with Gasteiger partial charge in [0, 0.05) is 17.8 Å². The quantitative estimate of drug-likeness (QED) is 0.353. The molecule has 0 bridgehead atoms. The minimum atomic E-state index is -0.620. The predicted molar refractivity (Wildman–Crippen MR) is 60.7 cm³/mol.